The number of aromatic carboxylic acids is 1. The Morgan fingerprint density at radius 1 is 0.357 bits per heavy atom. The number of rotatable bonds is 28. The van der Waals surface area contributed by atoms with E-state index >= 15 is 0 Å². The molecule has 0 fully saturated rings. The second kappa shape index (κ2) is 51.4. The summed E-state index contributed by atoms with van der Waals surface area (Å²) in [5.74, 6) is -3.88. The summed E-state index contributed by atoms with van der Waals surface area (Å²) in [6.45, 7) is 18.5. The third-order valence-corrected chi connectivity index (χ3v) is 20.8. The minimum absolute atomic E-state index is 0. The number of esters is 6. The van der Waals surface area contributed by atoms with Crippen LogP contribution in [0.5, 0.6) is 17.2 Å². The Bertz CT molecular complexity index is 7220. The third-order valence-electron chi connectivity index (χ3n) is 20.8. The van der Waals surface area contributed by atoms with Crippen LogP contribution in [0.4, 0.5) is 15.3 Å². The second-order valence-corrected chi connectivity index (χ2v) is 33.6. The van der Waals surface area contributed by atoms with Crippen LogP contribution in [0, 0.1) is 0 Å². The molecule has 0 aliphatic heterocycles. The monoisotopic (exact) mass is 1950 g/mol. The van der Waals surface area contributed by atoms with Crippen LogP contribution in [0.25, 0.3) is 67.1 Å². The third kappa shape index (κ3) is 31.0. The fourth-order valence-electron chi connectivity index (χ4n) is 14.5. The van der Waals surface area contributed by atoms with Gasteiger partial charge in [0.25, 0.3) is 0 Å². The first-order valence-corrected chi connectivity index (χ1v) is 45.0. The molecule has 11 N–H and O–H groups in total. The Kier molecular flexibility index (Phi) is 39.0. The molecule has 0 spiro atoms. The number of pyridine rings is 4. The van der Waals surface area contributed by atoms with E-state index in [0.29, 0.717) is 106 Å². The van der Waals surface area contributed by atoms with Crippen molar-refractivity contribution in [3.63, 3.8) is 0 Å². The molecule has 143 heavy (non-hydrogen) atoms. The Balaban J connectivity index is 0.000000188. The number of aliphatic carboxylic acids is 1. The average molecular weight is 1950 g/mol. The van der Waals surface area contributed by atoms with Crippen LogP contribution in [0.15, 0.2) is 293 Å². The van der Waals surface area contributed by atoms with Crippen LogP contribution in [0.2, 0.25) is 0 Å². The molecule has 0 atom stereocenters. The molecule has 0 saturated carbocycles. The van der Waals surface area contributed by atoms with Crippen LogP contribution in [0.1, 0.15) is 148 Å². The molecule has 0 aliphatic rings. The van der Waals surface area contributed by atoms with Crippen LogP contribution in [-0.4, -0.2) is 144 Å². The molecule has 8 heterocycles. The number of nitrogens with zero attached hydrogens (tertiary/aromatic N) is 8. The number of fused-ring (bicyclic) bond motifs is 4. The average Bonchev–Trinajstić information content (AvgIpc) is 1.71. The second-order valence-electron chi connectivity index (χ2n) is 33.6. The molecule has 16 rings (SSSR count). The van der Waals surface area contributed by atoms with Crippen molar-refractivity contribution in [2.45, 2.75) is 125 Å². The number of nitrogens with one attached hydrogen (secondary N) is 2. The minimum Gasteiger partial charge on any atom is -0.870 e. The fourth-order valence-corrected chi connectivity index (χ4v) is 14.5. The van der Waals surface area contributed by atoms with Crippen molar-refractivity contribution in [2.75, 3.05) is 25.6 Å². The van der Waals surface area contributed by atoms with Crippen molar-refractivity contribution < 1.29 is 131 Å². The van der Waals surface area contributed by atoms with Crippen LogP contribution < -0.4 is 71.6 Å². The molecule has 34 nitrogen and oxygen atoms in total. The largest absolute Gasteiger partial charge is 1.00 e. The molecular formula is C108H108N13NaO21. The first kappa shape index (κ1) is 109. The van der Waals surface area contributed by atoms with Gasteiger partial charge in [0.1, 0.15) is 51.0 Å². The molecular weight excluding hydrogens is 1840 g/mol. The number of para-hydroxylation sites is 4. The molecule has 0 radical (unpaired) electrons. The molecule has 8 aromatic heterocycles. The number of carbonyl (C=O) groups is 10. The van der Waals surface area contributed by atoms with Crippen LogP contribution in [-0.2, 0) is 94.7 Å². The van der Waals surface area contributed by atoms with Crippen molar-refractivity contribution in [1.29, 1.82) is 0 Å². The van der Waals surface area contributed by atoms with E-state index in [1.807, 2.05) is 115 Å². The molecule has 16 aromatic rings. The molecule has 0 bridgehead atoms. The molecule has 35 heteroatoms. The smallest absolute Gasteiger partial charge is 0.870 e. The van der Waals surface area contributed by atoms with Crippen molar-refractivity contribution in [1.82, 2.24) is 48.2 Å². The number of carbonyl (C=O) groups excluding carboxylic acids is 8. The fraction of sp³-hybridized carbons (Fsp3) is 0.204. The summed E-state index contributed by atoms with van der Waals surface area (Å²) in [5.41, 5.74) is 33.0. The van der Waals surface area contributed by atoms with Gasteiger partial charge in [-0.25, -0.2) is 48.7 Å². The van der Waals surface area contributed by atoms with Crippen molar-refractivity contribution in [2.24, 2.45) is 11.5 Å². The SMILES string of the molecule is CC(C)(C)OC(=O)NCc1cccc(-c2cc(C(=O)O)cn3ccnc23)c1.CCOC(=O)Cc1ccccc1N.CCOC(=O)Cc1ccccc1OC(=O)c1cc(-c2cccc(CN)c2)c2nccn2c1.CCOC(=O)Cc1ccccc1OC(=O)c1cc(-c2cccc(CNC(=O)OC(C)(C)C)c2)c2nccn2c1.NCc1cccc(-c2cc(C(=O)Oc3ccccc3CC(=O)O)cn3ccnc23)c1.[Na+].[OH-]. The summed E-state index contributed by atoms with van der Waals surface area (Å²) in [4.78, 5) is 138. The first-order valence-electron chi connectivity index (χ1n) is 45.0. The number of alkyl carbamates (subject to hydrolysis) is 2. The summed E-state index contributed by atoms with van der Waals surface area (Å²) >= 11 is 0. The number of hydrogen-bond donors (Lipinski definition) is 7. The van der Waals surface area contributed by atoms with Gasteiger partial charge in [-0.3, -0.25) is 19.2 Å². The first-order chi connectivity index (χ1) is 67.7. The predicted molar refractivity (Wildman–Crippen MR) is 531 cm³/mol. The predicted octanol–water partition coefficient (Wildman–Crippen LogP) is 14.4. The number of imidazole rings is 4. The Hall–Kier alpha value is -16.5. The number of aromatic nitrogens is 8. The van der Waals surface area contributed by atoms with E-state index in [0.717, 1.165) is 66.8 Å². The zero-order valence-corrected chi connectivity index (χ0v) is 82.5. The van der Waals surface area contributed by atoms with Gasteiger partial charge in [-0.2, -0.15) is 0 Å². The number of nitrogens with two attached hydrogens (primary N) is 3. The van der Waals surface area contributed by atoms with Crippen molar-refractivity contribution in [3.05, 3.63) is 360 Å². The van der Waals surface area contributed by atoms with Gasteiger partial charge < -0.3 is 99.0 Å². The van der Waals surface area contributed by atoms with Gasteiger partial charge in [-0.05, 0) is 185 Å². The summed E-state index contributed by atoms with van der Waals surface area (Å²) in [6.07, 6.45) is 19.1. The summed E-state index contributed by atoms with van der Waals surface area (Å²) in [6, 6.07) is 65.1. The molecule has 0 saturated heterocycles. The number of anilines is 1. The van der Waals surface area contributed by atoms with Crippen molar-refractivity contribution >= 4 is 88.2 Å². The number of nitrogen functional groups attached to an aromatic ring is 1. The van der Waals surface area contributed by atoms with Gasteiger partial charge in [0.15, 0.2) is 0 Å². The van der Waals surface area contributed by atoms with Gasteiger partial charge in [0.2, 0.25) is 0 Å². The number of ether oxygens (including phenoxy) is 8. The minimum atomic E-state index is -1.01. The summed E-state index contributed by atoms with van der Waals surface area (Å²) in [7, 11) is 0. The topological polar surface area (TPSA) is 486 Å². The normalized spacial score (nSPS) is 10.8. The number of hydrogen-bond acceptors (Lipinski definition) is 26. The Labute approximate surface area is 845 Å². The van der Waals surface area contributed by atoms with Gasteiger partial charge in [-0.1, -0.05) is 146 Å². The maximum atomic E-state index is 13.3. The maximum Gasteiger partial charge on any atom is 1.00 e. The Morgan fingerprint density at radius 3 is 0.937 bits per heavy atom. The van der Waals surface area contributed by atoms with E-state index in [4.69, 9.17) is 60.2 Å². The van der Waals surface area contributed by atoms with Gasteiger partial charge in [-0.15, -0.1) is 0 Å². The number of benzene rings is 8. The van der Waals surface area contributed by atoms with E-state index < -0.39 is 59.2 Å². The van der Waals surface area contributed by atoms with Gasteiger partial charge >= 0.3 is 89.5 Å². The maximum absolute atomic E-state index is 13.3. The standard InChI is InChI=1S/C30H31N3O6.C25H23N3O4.C23H19N3O4.C20H21N3O4.C10H13NO2.Na.H2O/c1-5-37-26(34)17-22-10-6-7-12-25(22)38-28(35)23-16-24(27-31-13-14-33(27)19-23)21-11-8-9-20(15-21)18-32-29(36)39-30(2,3)4;1-2-31-23(29)14-19-7-3-4-9-22(19)32-25(30)20-13-21(24-27-10-11-28(24)16-20)18-8-5-6-17(12-18)15-26;24-13-15-4-3-6-16(10-15)19-11-18(14-26-9-8-25-22(19)26)23(29)30-20-7-2-1-5-17(20)12-21(27)28;1-20(2,3)27-19(26)22-11-13-5-4-6-14(9-13)16-10-15(18(24)25)12-23-8-7-21-17(16)23;1-2-13-10(12)7-8-5-3-4-6-9(8)11;;/h6-16,19H,5,17-18H2,1-4H3,(H,32,36);3-13,16H,2,14-15,26H2,1H3;1-11,14H,12-13,24H2,(H,27,28);4-10,12H,11H2,1-3H3,(H,22,26)(H,24,25);3-6H,2,7,11H2,1H3;;1H2/q;;;;;+1;/p-1. The Morgan fingerprint density at radius 2 is 0.636 bits per heavy atom. The molecule has 0 aliphatic carbocycles. The summed E-state index contributed by atoms with van der Waals surface area (Å²) in [5, 5.41) is 23.9. The van der Waals surface area contributed by atoms with E-state index in [9.17, 15) is 53.1 Å². The number of amides is 2. The quantitative estimate of drug-likeness (QED) is 0.00787. The number of carboxylic acids is 2. The molecule has 8 aromatic carbocycles. The number of carboxylic acid groups (broad SMARTS) is 2. The van der Waals surface area contributed by atoms with E-state index in [2.05, 4.69) is 30.6 Å². The zero-order valence-electron chi connectivity index (χ0n) is 80.5. The zero-order chi connectivity index (χ0) is 101. The van der Waals surface area contributed by atoms with E-state index in [1.165, 1.54) is 6.20 Å². The van der Waals surface area contributed by atoms with Gasteiger partial charge in [0.05, 0.1) is 67.8 Å². The molecule has 0 unspecified atom stereocenters. The van der Waals surface area contributed by atoms with Crippen LogP contribution >= 0.6 is 0 Å². The van der Waals surface area contributed by atoms with E-state index in [-0.39, 0.29) is 103 Å². The van der Waals surface area contributed by atoms with Crippen LogP contribution in [0.3, 0.4) is 0 Å². The molecule has 732 valence electrons. The molecule has 2 amide bonds. The van der Waals surface area contributed by atoms with E-state index in [1.54, 1.807) is 251 Å². The summed E-state index contributed by atoms with van der Waals surface area (Å²) < 4.78 is 49.3. The van der Waals surface area contributed by atoms with Gasteiger partial charge in [0, 0.05) is 145 Å². The van der Waals surface area contributed by atoms with Crippen molar-refractivity contribution in [3.8, 4) is 61.8 Å².